The Kier molecular flexibility index (Phi) is 7.93. The number of aromatic nitrogens is 2. The lowest BCUT2D eigenvalue weighted by molar-refractivity contribution is -0.0512. The van der Waals surface area contributed by atoms with Gasteiger partial charge in [-0.3, -0.25) is 4.79 Å². The fourth-order valence-corrected chi connectivity index (χ4v) is 3.40. The number of rotatable bonds is 9. The maximum atomic E-state index is 14.1. The van der Waals surface area contributed by atoms with Crippen molar-refractivity contribution >= 4 is 12.0 Å². The first kappa shape index (κ1) is 24.8. The molecule has 180 valence electrons. The predicted molar refractivity (Wildman–Crippen MR) is 118 cm³/mol. The number of carbonyl (C=O) groups is 1. The molecule has 0 bridgehead atoms. The number of amides is 1. The number of benzene rings is 2. The molecule has 1 amide bonds. The van der Waals surface area contributed by atoms with E-state index in [0.29, 0.717) is 11.4 Å². The van der Waals surface area contributed by atoms with Crippen molar-refractivity contribution in [1.29, 1.82) is 0 Å². The highest BCUT2D eigenvalue weighted by Crippen LogP contribution is 2.31. The number of imidazole rings is 1. The Labute approximate surface area is 193 Å². The minimum atomic E-state index is -3.05. The first-order valence-electron chi connectivity index (χ1n) is 10.2. The van der Waals surface area contributed by atoms with Crippen LogP contribution in [0.25, 0.3) is 6.08 Å². The van der Waals surface area contributed by atoms with E-state index >= 15 is 0 Å². The lowest BCUT2D eigenvalue weighted by atomic mass is 10.1. The second kappa shape index (κ2) is 10.9. The van der Waals surface area contributed by atoms with Crippen LogP contribution in [0.5, 0.6) is 11.5 Å². The summed E-state index contributed by atoms with van der Waals surface area (Å²) < 4.78 is 62.1. The van der Waals surface area contributed by atoms with E-state index in [-0.39, 0.29) is 29.2 Å². The molecule has 34 heavy (non-hydrogen) atoms. The van der Waals surface area contributed by atoms with Gasteiger partial charge in [0, 0.05) is 36.1 Å². The number of methoxy groups -OCH3 is 1. The number of hydrogen-bond acceptors (Lipinski definition) is 4. The zero-order chi connectivity index (χ0) is 24.8. The van der Waals surface area contributed by atoms with E-state index in [1.807, 2.05) is 0 Å². The Morgan fingerprint density at radius 2 is 1.94 bits per heavy atom. The highest BCUT2D eigenvalue weighted by Gasteiger charge is 2.26. The van der Waals surface area contributed by atoms with Crippen molar-refractivity contribution in [2.24, 2.45) is 0 Å². The summed E-state index contributed by atoms with van der Waals surface area (Å²) in [6, 6.07) is 6.60. The van der Waals surface area contributed by atoms with E-state index in [9.17, 15) is 22.4 Å². The molecule has 0 aliphatic heterocycles. The minimum absolute atomic E-state index is 0.0302. The van der Waals surface area contributed by atoms with Crippen LogP contribution in [-0.2, 0) is 0 Å². The van der Waals surface area contributed by atoms with E-state index in [1.165, 1.54) is 42.4 Å². The number of carbonyl (C=O) groups excluding carboxylic acids is 1. The van der Waals surface area contributed by atoms with Crippen molar-refractivity contribution in [3.8, 4) is 11.5 Å². The molecule has 0 saturated heterocycles. The van der Waals surface area contributed by atoms with Crippen LogP contribution in [0.15, 0.2) is 54.4 Å². The normalized spacial score (nSPS) is 12.5. The van der Waals surface area contributed by atoms with Crippen LogP contribution in [0.4, 0.5) is 17.6 Å². The number of H-pyrrole nitrogens is 1. The van der Waals surface area contributed by atoms with Crippen LogP contribution in [0.3, 0.4) is 0 Å². The molecule has 1 aromatic heterocycles. The number of aromatic amines is 1. The molecule has 0 spiro atoms. The zero-order valence-electron chi connectivity index (χ0n) is 18.7. The van der Waals surface area contributed by atoms with Gasteiger partial charge in [0.2, 0.25) is 0 Å². The SMILES string of the molecule is COc1cc(C(=O)N(CC(C)=Cc2ccc(F)cc2F)C(C)c2ncc[nH]2)ccc1OC(F)F. The summed E-state index contributed by atoms with van der Waals surface area (Å²) in [6.07, 6.45) is 4.68. The van der Waals surface area contributed by atoms with Crippen LogP contribution in [-0.4, -0.2) is 41.0 Å². The van der Waals surface area contributed by atoms with Gasteiger partial charge < -0.3 is 19.4 Å². The van der Waals surface area contributed by atoms with Crippen LogP contribution >= 0.6 is 0 Å². The standard InChI is InChI=1S/C24H23F4N3O3/c1-14(10-16-4-6-18(25)12-19(16)26)13-31(15(2)22-29-8-9-30-22)23(32)17-5-7-20(34-24(27)28)21(11-17)33-3/h4-12,15,24H,13H2,1-3H3,(H,29,30). The van der Waals surface area contributed by atoms with Crippen molar-refractivity contribution < 1.29 is 31.8 Å². The van der Waals surface area contributed by atoms with Crippen molar-refractivity contribution in [3.05, 3.63) is 83.0 Å². The van der Waals surface area contributed by atoms with Gasteiger partial charge in [-0.25, -0.2) is 13.8 Å². The molecule has 2 aromatic carbocycles. The number of nitrogens with one attached hydrogen (secondary N) is 1. The van der Waals surface area contributed by atoms with Gasteiger partial charge in [0.05, 0.1) is 13.2 Å². The lowest BCUT2D eigenvalue weighted by Gasteiger charge is -2.29. The maximum absolute atomic E-state index is 14.1. The van der Waals surface area contributed by atoms with Crippen molar-refractivity contribution in [2.75, 3.05) is 13.7 Å². The maximum Gasteiger partial charge on any atom is 0.387 e. The third-order valence-electron chi connectivity index (χ3n) is 5.05. The fraction of sp³-hybridized carbons (Fsp3) is 0.250. The quantitative estimate of drug-likeness (QED) is 0.407. The highest BCUT2D eigenvalue weighted by molar-refractivity contribution is 5.95. The van der Waals surface area contributed by atoms with Gasteiger partial charge in [-0.2, -0.15) is 8.78 Å². The number of hydrogen-bond donors (Lipinski definition) is 1. The number of ether oxygens (including phenoxy) is 2. The largest absolute Gasteiger partial charge is 0.493 e. The Bertz CT molecular complexity index is 1170. The van der Waals surface area contributed by atoms with Gasteiger partial charge in [0.25, 0.3) is 5.91 Å². The third-order valence-corrected chi connectivity index (χ3v) is 5.05. The van der Waals surface area contributed by atoms with Gasteiger partial charge in [-0.15, -0.1) is 0 Å². The fourth-order valence-electron chi connectivity index (χ4n) is 3.40. The second-order valence-corrected chi connectivity index (χ2v) is 7.48. The summed E-state index contributed by atoms with van der Waals surface area (Å²) in [5, 5.41) is 0. The molecular weight excluding hydrogens is 454 g/mol. The summed E-state index contributed by atoms with van der Waals surface area (Å²) in [4.78, 5) is 22.1. The Balaban J connectivity index is 1.94. The topological polar surface area (TPSA) is 67.5 Å². The summed E-state index contributed by atoms with van der Waals surface area (Å²) >= 11 is 0. The molecule has 1 heterocycles. The van der Waals surface area contributed by atoms with Gasteiger partial charge in [0.1, 0.15) is 17.5 Å². The molecule has 0 aliphatic carbocycles. The summed E-state index contributed by atoms with van der Waals surface area (Å²) in [6.45, 7) is 0.492. The second-order valence-electron chi connectivity index (χ2n) is 7.48. The number of alkyl halides is 2. The third kappa shape index (κ3) is 5.94. The minimum Gasteiger partial charge on any atom is -0.493 e. The van der Waals surface area contributed by atoms with Crippen molar-refractivity contribution in [2.45, 2.75) is 26.5 Å². The van der Waals surface area contributed by atoms with E-state index in [0.717, 1.165) is 12.1 Å². The van der Waals surface area contributed by atoms with Crippen molar-refractivity contribution in [1.82, 2.24) is 14.9 Å². The van der Waals surface area contributed by atoms with E-state index in [2.05, 4.69) is 14.7 Å². The number of nitrogens with zero attached hydrogens (tertiary/aromatic N) is 2. The lowest BCUT2D eigenvalue weighted by Crippen LogP contribution is -2.35. The van der Waals surface area contributed by atoms with E-state index < -0.39 is 30.2 Å². The molecule has 0 aliphatic rings. The Morgan fingerprint density at radius 3 is 2.56 bits per heavy atom. The summed E-state index contributed by atoms with van der Waals surface area (Å²) in [5.41, 5.74) is 0.951. The molecule has 3 rings (SSSR count). The number of halogens is 4. The van der Waals surface area contributed by atoms with Gasteiger partial charge >= 0.3 is 6.61 Å². The first-order chi connectivity index (χ1) is 16.2. The molecule has 6 nitrogen and oxygen atoms in total. The molecule has 3 aromatic rings. The monoisotopic (exact) mass is 477 g/mol. The zero-order valence-corrected chi connectivity index (χ0v) is 18.7. The summed E-state index contributed by atoms with van der Waals surface area (Å²) in [7, 11) is 1.27. The average molecular weight is 477 g/mol. The van der Waals surface area contributed by atoms with Crippen LogP contribution in [0, 0.1) is 11.6 Å². The van der Waals surface area contributed by atoms with Gasteiger partial charge in [0.15, 0.2) is 11.5 Å². The smallest absolute Gasteiger partial charge is 0.387 e. The van der Waals surface area contributed by atoms with Gasteiger partial charge in [-0.05, 0) is 44.2 Å². The molecule has 1 atom stereocenters. The highest BCUT2D eigenvalue weighted by atomic mass is 19.3. The first-order valence-corrected chi connectivity index (χ1v) is 10.2. The van der Waals surface area contributed by atoms with Crippen LogP contribution in [0.1, 0.15) is 41.6 Å². The average Bonchev–Trinajstić information content (AvgIpc) is 3.33. The summed E-state index contributed by atoms with van der Waals surface area (Å²) in [5.74, 6) is -1.59. The van der Waals surface area contributed by atoms with Crippen LogP contribution < -0.4 is 9.47 Å². The molecule has 1 unspecified atom stereocenters. The van der Waals surface area contributed by atoms with Gasteiger partial charge in [-0.1, -0.05) is 11.6 Å². The molecule has 0 fully saturated rings. The Hall–Kier alpha value is -3.82. The van der Waals surface area contributed by atoms with E-state index in [1.54, 1.807) is 26.2 Å². The predicted octanol–water partition coefficient (Wildman–Crippen LogP) is 5.60. The molecule has 1 N–H and O–H groups in total. The Morgan fingerprint density at radius 1 is 1.18 bits per heavy atom. The van der Waals surface area contributed by atoms with Crippen molar-refractivity contribution in [3.63, 3.8) is 0 Å². The molecule has 10 heteroatoms. The van der Waals surface area contributed by atoms with Crippen LogP contribution in [0.2, 0.25) is 0 Å². The molecular formula is C24H23F4N3O3. The molecule has 0 radical (unpaired) electrons. The molecule has 0 saturated carbocycles. The van der Waals surface area contributed by atoms with E-state index in [4.69, 9.17) is 4.74 Å².